The minimum Gasteiger partial charge on any atom is -0.465 e. The smallest absolute Gasteiger partial charge is 0.302 e. The summed E-state index contributed by atoms with van der Waals surface area (Å²) in [6.45, 7) is 9.46. The molecule has 0 fully saturated rings. The number of hydrogen-bond acceptors (Lipinski definition) is 4. The number of carbonyl (C=O) groups is 1. The van der Waals surface area contributed by atoms with Gasteiger partial charge in [0, 0.05) is 12.3 Å². The topological polar surface area (TPSA) is 55.8 Å². The minimum absolute atomic E-state index is 0.0731. The normalized spacial score (nSPS) is 15.9. The molecule has 0 saturated heterocycles. The van der Waals surface area contributed by atoms with Gasteiger partial charge in [-0.2, -0.15) is 0 Å². The first-order chi connectivity index (χ1) is 6.68. The Morgan fingerprint density at radius 3 is 2.07 bits per heavy atom. The second kappa shape index (κ2) is 5.47. The highest BCUT2D eigenvalue weighted by atomic mass is 16.5. The van der Waals surface area contributed by atoms with Crippen LogP contribution in [0.3, 0.4) is 0 Å². The first kappa shape index (κ1) is 14.4. The molecule has 0 amide bonds. The lowest BCUT2D eigenvalue weighted by Crippen LogP contribution is -2.37. The molecule has 90 valence electrons. The second-order valence-electron chi connectivity index (χ2n) is 5.15. The lowest BCUT2D eigenvalue weighted by molar-refractivity contribution is -0.149. The van der Waals surface area contributed by atoms with Crippen LogP contribution in [0.15, 0.2) is 0 Å². The molecule has 0 aromatic carbocycles. The Morgan fingerprint density at radius 1 is 1.20 bits per heavy atom. The second-order valence-corrected chi connectivity index (χ2v) is 5.15. The highest BCUT2D eigenvalue weighted by molar-refractivity contribution is 5.65. The number of aliphatic hydroxyl groups excluding tert-OH is 1. The van der Waals surface area contributed by atoms with Crippen LogP contribution in [0, 0.1) is 5.41 Å². The van der Waals surface area contributed by atoms with Crippen molar-refractivity contribution in [3.8, 4) is 0 Å². The average Bonchev–Trinajstić information content (AvgIpc) is 2.10. The molecule has 15 heavy (non-hydrogen) atoms. The van der Waals surface area contributed by atoms with Crippen molar-refractivity contribution in [2.24, 2.45) is 5.41 Å². The van der Waals surface area contributed by atoms with Crippen molar-refractivity contribution >= 4 is 5.97 Å². The van der Waals surface area contributed by atoms with E-state index in [4.69, 9.17) is 9.47 Å². The van der Waals surface area contributed by atoms with Gasteiger partial charge in [0.05, 0.1) is 18.8 Å². The van der Waals surface area contributed by atoms with Crippen molar-refractivity contribution in [3.63, 3.8) is 0 Å². The van der Waals surface area contributed by atoms with Crippen LogP contribution in [0.2, 0.25) is 0 Å². The molecule has 1 N–H and O–H groups in total. The lowest BCUT2D eigenvalue weighted by Gasteiger charge is -2.30. The molecule has 0 saturated carbocycles. The van der Waals surface area contributed by atoms with Gasteiger partial charge in [0.15, 0.2) is 0 Å². The fraction of sp³-hybridized carbons (Fsp3) is 0.909. The van der Waals surface area contributed by atoms with E-state index in [1.165, 1.54) is 6.92 Å². The van der Waals surface area contributed by atoms with Gasteiger partial charge in [-0.25, -0.2) is 0 Å². The molecule has 4 nitrogen and oxygen atoms in total. The molecule has 0 heterocycles. The van der Waals surface area contributed by atoms with E-state index < -0.39 is 5.41 Å². The quantitative estimate of drug-likeness (QED) is 0.708. The molecule has 0 aromatic rings. The summed E-state index contributed by atoms with van der Waals surface area (Å²) in [4.78, 5) is 10.7. The largest absolute Gasteiger partial charge is 0.465 e. The van der Waals surface area contributed by atoms with Crippen molar-refractivity contribution in [2.45, 2.75) is 40.2 Å². The standard InChI is InChI=1S/C11H22O4/c1-9(13)14-7-11(5,6-12)8-15-10(2,3)4/h12H,6-8H2,1-5H3/t11-/m1/s1. The van der Waals surface area contributed by atoms with E-state index in [9.17, 15) is 9.90 Å². The van der Waals surface area contributed by atoms with Gasteiger partial charge in [-0.3, -0.25) is 4.79 Å². The van der Waals surface area contributed by atoms with Crippen molar-refractivity contribution in [1.82, 2.24) is 0 Å². The van der Waals surface area contributed by atoms with E-state index in [1.807, 2.05) is 27.7 Å². The highest BCUT2D eigenvalue weighted by Crippen LogP contribution is 2.20. The van der Waals surface area contributed by atoms with Gasteiger partial charge in [0.1, 0.15) is 6.61 Å². The Morgan fingerprint density at radius 2 is 1.73 bits per heavy atom. The van der Waals surface area contributed by atoms with Crippen LogP contribution >= 0.6 is 0 Å². The Bertz CT molecular complexity index is 207. The predicted octanol–water partition coefficient (Wildman–Crippen LogP) is 1.36. The lowest BCUT2D eigenvalue weighted by atomic mass is 9.94. The maximum Gasteiger partial charge on any atom is 0.302 e. The summed E-state index contributed by atoms with van der Waals surface area (Å²) in [6, 6.07) is 0. The predicted molar refractivity (Wildman–Crippen MR) is 57.5 cm³/mol. The molecule has 0 aliphatic carbocycles. The third kappa shape index (κ3) is 7.33. The van der Waals surface area contributed by atoms with Crippen LogP contribution in [0.25, 0.3) is 0 Å². The number of carbonyl (C=O) groups excluding carboxylic acids is 1. The molecule has 0 rings (SSSR count). The Hall–Kier alpha value is -0.610. The minimum atomic E-state index is -0.529. The Labute approximate surface area is 91.6 Å². The summed E-state index contributed by atoms with van der Waals surface area (Å²) >= 11 is 0. The van der Waals surface area contributed by atoms with Gasteiger partial charge in [0.25, 0.3) is 0 Å². The molecule has 0 spiro atoms. The van der Waals surface area contributed by atoms with Crippen molar-refractivity contribution in [1.29, 1.82) is 0 Å². The number of aliphatic hydroxyl groups is 1. The molecule has 0 radical (unpaired) electrons. The zero-order valence-electron chi connectivity index (χ0n) is 10.3. The zero-order chi connectivity index (χ0) is 12.1. The van der Waals surface area contributed by atoms with Gasteiger partial charge < -0.3 is 14.6 Å². The van der Waals surface area contributed by atoms with Crippen LogP contribution in [0.5, 0.6) is 0 Å². The SMILES string of the molecule is CC(=O)OC[C@@](C)(CO)COC(C)(C)C. The average molecular weight is 218 g/mol. The molecular formula is C11H22O4. The molecule has 0 bridgehead atoms. The molecule has 1 atom stereocenters. The van der Waals surface area contributed by atoms with Crippen molar-refractivity contribution in [3.05, 3.63) is 0 Å². The van der Waals surface area contributed by atoms with Crippen LogP contribution in [0.4, 0.5) is 0 Å². The van der Waals surface area contributed by atoms with Crippen LogP contribution in [-0.4, -0.2) is 36.5 Å². The number of ether oxygens (including phenoxy) is 2. The summed E-state index contributed by atoms with van der Waals surface area (Å²) in [6.07, 6.45) is 0. The summed E-state index contributed by atoms with van der Waals surface area (Å²) in [7, 11) is 0. The monoisotopic (exact) mass is 218 g/mol. The molecular weight excluding hydrogens is 196 g/mol. The van der Waals surface area contributed by atoms with Gasteiger partial charge in [-0.1, -0.05) is 6.92 Å². The van der Waals surface area contributed by atoms with Gasteiger partial charge in [0.2, 0.25) is 0 Å². The maximum atomic E-state index is 10.7. The van der Waals surface area contributed by atoms with Gasteiger partial charge >= 0.3 is 5.97 Å². The highest BCUT2D eigenvalue weighted by Gasteiger charge is 2.27. The van der Waals surface area contributed by atoms with Crippen LogP contribution in [-0.2, 0) is 14.3 Å². The first-order valence-corrected chi connectivity index (χ1v) is 5.07. The van der Waals surface area contributed by atoms with E-state index in [-0.39, 0.29) is 24.8 Å². The van der Waals surface area contributed by atoms with Gasteiger partial charge in [-0.05, 0) is 20.8 Å². The third-order valence-electron chi connectivity index (χ3n) is 1.86. The molecule has 0 unspecified atom stereocenters. The van der Waals surface area contributed by atoms with E-state index in [0.717, 1.165) is 0 Å². The zero-order valence-corrected chi connectivity index (χ0v) is 10.3. The van der Waals surface area contributed by atoms with Crippen LogP contribution < -0.4 is 0 Å². The summed E-state index contributed by atoms with van der Waals surface area (Å²) < 4.78 is 10.5. The van der Waals surface area contributed by atoms with Gasteiger partial charge in [-0.15, -0.1) is 0 Å². The summed E-state index contributed by atoms with van der Waals surface area (Å²) in [5.74, 6) is -0.342. The summed E-state index contributed by atoms with van der Waals surface area (Å²) in [5, 5.41) is 9.22. The van der Waals surface area contributed by atoms with Crippen molar-refractivity contribution in [2.75, 3.05) is 19.8 Å². The van der Waals surface area contributed by atoms with E-state index in [2.05, 4.69) is 0 Å². The maximum absolute atomic E-state index is 10.7. The van der Waals surface area contributed by atoms with E-state index in [1.54, 1.807) is 0 Å². The number of esters is 1. The first-order valence-electron chi connectivity index (χ1n) is 5.07. The third-order valence-corrected chi connectivity index (χ3v) is 1.86. The van der Waals surface area contributed by atoms with Crippen LogP contribution in [0.1, 0.15) is 34.6 Å². The Kier molecular flexibility index (Phi) is 5.24. The van der Waals surface area contributed by atoms with E-state index >= 15 is 0 Å². The molecule has 0 aliphatic heterocycles. The molecule has 4 heteroatoms. The fourth-order valence-electron chi connectivity index (χ4n) is 0.800. The van der Waals surface area contributed by atoms with Crippen molar-refractivity contribution < 1.29 is 19.4 Å². The molecule has 0 aromatic heterocycles. The molecule has 0 aliphatic rings. The fourth-order valence-corrected chi connectivity index (χ4v) is 0.800. The number of hydrogen-bond donors (Lipinski definition) is 1. The number of rotatable bonds is 5. The van der Waals surface area contributed by atoms with E-state index in [0.29, 0.717) is 6.61 Å². The Balaban J connectivity index is 4.13. The summed E-state index contributed by atoms with van der Waals surface area (Å²) in [5.41, 5.74) is -0.786.